The molecule has 0 aliphatic rings. The first-order chi connectivity index (χ1) is 13.0. The zero-order valence-electron chi connectivity index (χ0n) is 16.0. The highest BCUT2D eigenvalue weighted by atomic mass is 15.1. The van der Waals surface area contributed by atoms with Crippen molar-refractivity contribution in [1.82, 2.24) is 9.97 Å². The molecule has 1 aromatic heterocycles. The summed E-state index contributed by atoms with van der Waals surface area (Å²) in [5.74, 6) is 2.64. The third-order valence-electron chi connectivity index (χ3n) is 4.63. The average molecular weight is 353 g/mol. The summed E-state index contributed by atoms with van der Waals surface area (Å²) in [6, 6.07) is 14.3. The van der Waals surface area contributed by atoms with Crippen LogP contribution in [0.2, 0.25) is 0 Å². The molecule has 0 unspecified atom stereocenters. The molecule has 2 aromatic carbocycles. The van der Waals surface area contributed by atoms with Gasteiger partial charge in [0.1, 0.15) is 0 Å². The van der Waals surface area contributed by atoms with Crippen molar-refractivity contribution in [2.24, 2.45) is 0 Å². The van der Waals surface area contributed by atoms with Gasteiger partial charge >= 0.3 is 0 Å². The van der Waals surface area contributed by atoms with Crippen LogP contribution in [0, 0.1) is 19.3 Å². The molecule has 1 heterocycles. The first-order valence-electron chi connectivity index (χ1n) is 8.84. The van der Waals surface area contributed by atoms with Gasteiger partial charge in [-0.2, -0.15) is 0 Å². The molecule has 0 radical (unpaired) electrons. The zero-order chi connectivity index (χ0) is 19.4. The van der Waals surface area contributed by atoms with Crippen molar-refractivity contribution in [3.63, 3.8) is 0 Å². The number of hydrogen-bond donors (Lipinski definition) is 0. The SMILES string of the molecule is C#Cc1ccc(Cc2cncc(-c3ccc(C)c(N(C)C(=C)C)c3)n2)cc1. The minimum atomic E-state index is 0.718. The van der Waals surface area contributed by atoms with Crippen molar-refractivity contribution >= 4 is 5.69 Å². The summed E-state index contributed by atoms with van der Waals surface area (Å²) >= 11 is 0. The van der Waals surface area contributed by atoms with Crippen molar-refractivity contribution in [1.29, 1.82) is 0 Å². The van der Waals surface area contributed by atoms with Gasteiger partial charge in [-0.15, -0.1) is 6.42 Å². The quantitative estimate of drug-likeness (QED) is 0.605. The van der Waals surface area contributed by atoms with Gasteiger partial charge in [-0.25, -0.2) is 4.98 Å². The van der Waals surface area contributed by atoms with Crippen LogP contribution in [0.25, 0.3) is 11.3 Å². The Morgan fingerprint density at radius 2 is 1.89 bits per heavy atom. The molecule has 134 valence electrons. The molecule has 27 heavy (non-hydrogen) atoms. The van der Waals surface area contributed by atoms with Crippen molar-refractivity contribution in [2.45, 2.75) is 20.3 Å². The zero-order valence-corrected chi connectivity index (χ0v) is 16.0. The molecular weight excluding hydrogens is 330 g/mol. The van der Waals surface area contributed by atoms with Gasteiger partial charge in [0.2, 0.25) is 0 Å². The summed E-state index contributed by atoms with van der Waals surface area (Å²) in [4.78, 5) is 11.3. The Hall–Kier alpha value is -3.38. The molecule has 3 aromatic rings. The fraction of sp³-hybridized carbons (Fsp3) is 0.167. The van der Waals surface area contributed by atoms with E-state index in [-0.39, 0.29) is 0 Å². The van der Waals surface area contributed by atoms with E-state index in [0.29, 0.717) is 0 Å². The fourth-order valence-corrected chi connectivity index (χ4v) is 2.89. The van der Waals surface area contributed by atoms with Gasteiger partial charge in [0.25, 0.3) is 0 Å². The van der Waals surface area contributed by atoms with Crippen LogP contribution in [0.15, 0.2) is 67.1 Å². The molecule has 0 bridgehead atoms. The number of benzene rings is 2. The van der Waals surface area contributed by atoms with E-state index in [1.54, 1.807) is 6.20 Å². The number of anilines is 1. The van der Waals surface area contributed by atoms with Gasteiger partial charge in [-0.05, 0) is 43.2 Å². The van der Waals surface area contributed by atoms with Gasteiger partial charge in [0.05, 0.1) is 17.6 Å². The molecule has 0 saturated carbocycles. The third kappa shape index (κ3) is 4.24. The molecule has 0 fully saturated rings. The Balaban J connectivity index is 1.90. The average Bonchev–Trinajstić information content (AvgIpc) is 2.68. The van der Waals surface area contributed by atoms with Crippen LogP contribution >= 0.6 is 0 Å². The standard InChI is InChI=1S/C24H23N3/c1-6-19-8-10-20(11-9-19)13-22-15-25-16-23(26-22)21-12-7-18(4)24(14-21)27(5)17(2)3/h1,7-12,14-16H,2,13H2,3-5H3. The van der Waals surface area contributed by atoms with E-state index in [9.17, 15) is 0 Å². The molecule has 0 spiro atoms. The van der Waals surface area contributed by atoms with E-state index < -0.39 is 0 Å². The minimum absolute atomic E-state index is 0.718. The second kappa shape index (κ2) is 7.88. The van der Waals surface area contributed by atoms with E-state index in [1.165, 1.54) is 5.56 Å². The van der Waals surface area contributed by atoms with Crippen molar-refractivity contribution in [3.05, 3.63) is 89.5 Å². The van der Waals surface area contributed by atoms with Crippen LogP contribution in [0.1, 0.15) is 29.3 Å². The molecule has 0 N–H and O–H groups in total. The Kier molecular flexibility index (Phi) is 5.38. The highest BCUT2D eigenvalue weighted by Crippen LogP contribution is 2.28. The third-order valence-corrected chi connectivity index (χ3v) is 4.63. The van der Waals surface area contributed by atoms with Crippen LogP contribution < -0.4 is 4.90 Å². The summed E-state index contributed by atoms with van der Waals surface area (Å²) in [6.45, 7) is 8.13. The summed E-state index contributed by atoms with van der Waals surface area (Å²) in [5, 5.41) is 0. The predicted molar refractivity (Wildman–Crippen MR) is 113 cm³/mol. The van der Waals surface area contributed by atoms with Gasteiger partial charge in [0.15, 0.2) is 0 Å². The van der Waals surface area contributed by atoms with Crippen LogP contribution in [-0.2, 0) is 6.42 Å². The smallest absolute Gasteiger partial charge is 0.0889 e. The maximum absolute atomic E-state index is 5.42. The van der Waals surface area contributed by atoms with Gasteiger partial charge < -0.3 is 4.90 Å². The molecule has 0 atom stereocenters. The number of aromatic nitrogens is 2. The van der Waals surface area contributed by atoms with E-state index in [1.807, 2.05) is 44.4 Å². The molecule has 3 heteroatoms. The molecule has 0 aliphatic heterocycles. The Morgan fingerprint density at radius 1 is 1.15 bits per heavy atom. The fourth-order valence-electron chi connectivity index (χ4n) is 2.89. The number of hydrogen-bond acceptors (Lipinski definition) is 3. The first-order valence-corrected chi connectivity index (χ1v) is 8.84. The minimum Gasteiger partial charge on any atom is -0.349 e. The maximum atomic E-state index is 5.42. The summed E-state index contributed by atoms with van der Waals surface area (Å²) in [7, 11) is 2.02. The van der Waals surface area contributed by atoms with Crippen molar-refractivity contribution in [2.75, 3.05) is 11.9 Å². The highest BCUT2D eigenvalue weighted by molar-refractivity contribution is 5.69. The van der Waals surface area contributed by atoms with E-state index in [2.05, 4.69) is 47.5 Å². The molecular formula is C24H23N3. The van der Waals surface area contributed by atoms with Gasteiger partial charge in [-0.1, -0.05) is 36.8 Å². The Labute approximate surface area is 161 Å². The second-order valence-electron chi connectivity index (χ2n) is 6.71. The topological polar surface area (TPSA) is 29.0 Å². The van der Waals surface area contributed by atoms with Crippen LogP contribution in [0.5, 0.6) is 0 Å². The molecule has 0 amide bonds. The highest BCUT2D eigenvalue weighted by Gasteiger charge is 2.09. The maximum Gasteiger partial charge on any atom is 0.0889 e. The first kappa shape index (κ1) is 18.4. The second-order valence-corrected chi connectivity index (χ2v) is 6.71. The Bertz CT molecular complexity index is 1010. The lowest BCUT2D eigenvalue weighted by Crippen LogP contribution is -2.14. The van der Waals surface area contributed by atoms with Crippen molar-refractivity contribution in [3.8, 4) is 23.6 Å². The number of nitrogens with zero attached hydrogens (tertiary/aromatic N) is 3. The van der Waals surface area contributed by atoms with Gasteiger partial charge in [0, 0.05) is 42.2 Å². The normalized spacial score (nSPS) is 10.3. The summed E-state index contributed by atoms with van der Waals surface area (Å²) < 4.78 is 0. The predicted octanol–water partition coefficient (Wildman–Crippen LogP) is 4.99. The Morgan fingerprint density at radius 3 is 2.56 bits per heavy atom. The lowest BCUT2D eigenvalue weighted by Gasteiger charge is -2.22. The lowest BCUT2D eigenvalue weighted by molar-refractivity contribution is 1.03. The van der Waals surface area contributed by atoms with E-state index >= 15 is 0 Å². The molecule has 0 aliphatic carbocycles. The number of allylic oxidation sites excluding steroid dienone is 1. The largest absolute Gasteiger partial charge is 0.349 e. The lowest BCUT2D eigenvalue weighted by atomic mass is 10.1. The molecule has 3 nitrogen and oxygen atoms in total. The molecule has 3 rings (SSSR count). The monoisotopic (exact) mass is 353 g/mol. The van der Waals surface area contributed by atoms with E-state index in [0.717, 1.165) is 45.9 Å². The summed E-state index contributed by atoms with van der Waals surface area (Å²) in [5.41, 5.74) is 8.19. The number of terminal acetylenes is 1. The number of aryl methyl sites for hydroxylation is 1. The number of rotatable bonds is 5. The molecule has 0 saturated heterocycles. The van der Waals surface area contributed by atoms with Gasteiger partial charge in [-0.3, -0.25) is 4.98 Å². The van der Waals surface area contributed by atoms with Crippen LogP contribution in [0.4, 0.5) is 5.69 Å². The van der Waals surface area contributed by atoms with Crippen LogP contribution in [0.3, 0.4) is 0 Å². The van der Waals surface area contributed by atoms with Crippen LogP contribution in [-0.4, -0.2) is 17.0 Å². The van der Waals surface area contributed by atoms with Crippen molar-refractivity contribution < 1.29 is 0 Å². The van der Waals surface area contributed by atoms with E-state index in [4.69, 9.17) is 11.4 Å². The summed E-state index contributed by atoms with van der Waals surface area (Å²) in [6.07, 6.45) is 9.76.